The van der Waals surface area contributed by atoms with Crippen LogP contribution in [-0.4, -0.2) is 13.1 Å². The van der Waals surface area contributed by atoms with Crippen molar-refractivity contribution in [2.75, 3.05) is 7.11 Å². The number of allylic oxidation sites excluding steroid dienone is 2. The third-order valence-corrected chi connectivity index (χ3v) is 2.00. The summed E-state index contributed by atoms with van der Waals surface area (Å²) in [6.07, 6.45) is 4.01. The first kappa shape index (κ1) is 8.79. The Morgan fingerprint density at radius 2 is 2.67 bits per heavy atom. The van der Waals surface area contributed by atoms with Gasteiger partial charge in [-0.05, 0) is 12.3 Å². The van der Waals surface area contributed by atoms with Crippen LogP contribution < -0.4 is 0 Å². The Morgan fingerprint density at radius 1 is 1.92 bits per heavy atom. The van der Waals surface area contributed by atoms with Crippen molar-refractivity contribution >= 4 is 5.97 Å². The molecule has 1 atom stereocenters. The number of methoxy groups -OCH3 is 1. The Morgan fingerprint density at radius 3 is 3.17 bits per heavy atom. The highest BCUT2D eigenvalue weighted by Gasteiger charge is 2.18. The van der Waals surface area contributed by atoms with Crippen LogP contribution >= 0.6 is 0 Å². The molecule has 3 nitrogen and oxygen atoms in total. The van der Waals surface area contributed by atoms with Crippen LogP contribution in [-0.2, 0) is 9.53 Å². The summed E-state index contributed by atoms with van der Waals surface area (Å²) in [5.41, 5.74) is 0.781. The Bertz CT molecular complexity index is 250. The summed E-state index contributed by atoms with van der Waals surface area (Å²) < 4.78 is 4.54. The molecule has 0 aliphatic heterocycles. The number of hydrogen-bond acceptors (Lipinski definition) is 2. The summed E-state index contributed by atoms with van der Waals surface area (Å²) in [7, 11) is 1.39. The summed E-state index contributed by atoms with van der Waals surface area (Å²) in [4.78, 5) is 14.2. The summed E-state index contributed by atoms with van der Waals surface area (Å²) in [6, 6.07) is 0. The monoisotopic (exact) mass is 165 g/mol. The average Bonchev–Trinajstić information content (AvgIpc) is 2.52. The third-order valence-electron chi connectivity index (χ3n) is 2.00. The first-order valence-corrected chi connectivity index (χ1v) is 3.91. The van der Waals surface area contributed by atoms with E-state index in [4.69, 9.17) is 6.57 Å². The van der Waals surface area contributed by atoms with Crippen molar-refractivity contribution in [1.29, 1.82) is 0 Å². The molecule has 0 saturated carbocycles. The highest BCUT2D eigenvalue weighted by Crippen LogP contribution is 2.27. The van der Waals surface area contributed by atoms with Crippen LogP contribution in [0, 0.1) is 12.5 Å². The van der Waals surface area contributed by atoms with Crippen LogP contribution in [0.3, 0.4) is 0 Å². The predicted octanol–water partition coefficient (Wildman–Crippen LogP) is 1.76. The standard InChI is InChI=1S/C9H11NO2/c1-10-8-4-3-7(5-8)6-9(11)12-2/h5,7H,3-4,6H2,2H3. The molecule has 0 saturated heterocycles. The second-order valence-corrected chi connectivity index (χ2v) is 2.85. The fourth-order valence-corrected chi connectivity index (χ4v) is 1.32. The van der Waals surface area contributed by atoms with Crippen molar-refractivity contribution < 1.29 is 9.53 Å². The maximum atomic E-state index is 10.8. The van der Waals surface area contributed by atoms with E-state index in [0.717, 1.165) is 18.5 Å². The Kier molecular flexibility index (Phi) is 2.87. The summed E-state index contributed by atoms with van der Waals surface area (Å²) in [6.45, 7) is 6.76. The summed E-state index contributed by atoms with van der Waals surface area (Å²) in [5, 5.41) is 0. The van der Waals surface area contributed by atoms with E-state index in [-0.39, 0.29) is 11.9 Å². The van der Waals surface area contributed by atoms with E-state index in [0.29, 0.717) is 6.42 Å². The summed E-state index contributed by atoms with van der Waals surface area (Å²) in [5.74, 6) is 0.0315. The van der Waals surface area contributed by atoms with Gasteiger partial charge in [0, 0.05) is 0 Å². The lowest BCUT2D eigenvalue weighted by molar-refractivity contribution is -0.141. The molecule has 64 valence electrons. The molecule has 0 spiro atoms. The number of esters is 1. The zero-order chi connectivity index (χ0) is 8.97. The number of ether oxygens (including phenoxy) is 1. The van der Waals surface area contributed by atoms with E-state index in [1.807, 2.05) is 6.08 Å². The van der Waals surface area contributed by atoms with Gasteiger partial charge >= 0.3 is 5.97 Å². The van der Waals surface area contributed by atoms with Crippen molar-refractivity contribution in [2.45, 2.75) is 19.3 Å². The van der Waals surface area contributed by atoms with Crippen molar-refractivity contribution in [3.63, 3.8) is 0 Å². The molecule has 1 rings (SSSR count). The second kappa shape index (κ2) is 3.91. The molecule has 0 aromatic rings. The van der Waals surface area contributed by atoms with E-state index in [1.54, 1.807) is 0 Å². The lowest BCUT2D eigenvalue weighted by atomic mass is 10.1. The van der Waals surface area contributed by atoms with Crippen LogP contribution in [0.4, 0.5) is 0 Å². The van der Waals surface area contributed by atoms with Gasteiger partial charge in [-0.3, -0.25) is 4.79 Å². The highest BCUT2D eigenvalue weighted by molar-refractivity contribution is 5.69. The lowest BCUT2D eigenvalue weighted by Crippen LogP contribution is -2.05. The molecule has 0 amide bonds. The van der Waals surface area contributed by atoms with Crippen molar-refractivity contribution in [3.05, 3.63) is 23.2 Å². The van der Waals surface area contributed by atoms with E-state index >= 15 is 0 Å². The quantitative estimate of drug-likeness (QED) is 0.461. The van der Waals surface area contributed by atoms with Gasteiger partial charge in [-0.1, -0.05) is 12.5 Å². The Balaban J connectivity index is 2.43. The van der Waals surface area contributed by atoms with Crippen LogP contribution in [0.1, 0.15) is 19.3 Å². The molecule has 0 radical (unpaired) electrons. The largest absolute Gasteiger partial charge is 0.469 e. The molecule has 3 heteroatoms. The fourth-order valence-electron chi connectivity index (χ4n) is 1.32. The molecule has 0 fully saturated rings. The van der Waals surface area contributed by atoms with Crippen LogP contribution in [0.5, 0.6) is 0 Å². The van der Waals surface area contributed by atoms with Gasteiger partial charge in [-0.15, -0.1) is 0 Å². The highest BCUT2D eigenvalue weighted by atomic mass is 16.5. The summed E-state index contributed by atoms with van der Waals surface area (Å²) >= 11 is 0. The lowest BCUT2D eigenvalue weighted by Gasteiger charge is -2.03. The van der Waals surface area contributed by atoms with Gasteiger partial charge in [0.15, 0.2) is 5.70 Å². The molecule has 0 bridgehead atoms. The van der Waals surface area contributed by atoms with Crippen molar-refractivity contribution in [1.82, 2.24) is 0 Å². The minimum Gasteiger partial charge on any atom is -0.469 e. The number of nitrogens with zero attached hydrogens (tertiary/aromatic N) is 1. The molecule has 12 heavy (non-hydrogen) atoms. The minimum absolute atomic E-state index is 0.192. The van der Waals surface area contributed by atoms with Crippen molar-refractivity contribution in [2.24, 2.45) is 5.92 Å². The third kappa shape index (κ3) is 2.09. The smallest absolute Gasteiger partial charge is 0.306 e. The predicted molar refractivity (Wildman–Crippen MR) is 44.0 cm³/mol. The number of rotatable bonds is 2. The maximum absolute atomic E-state index is 10.8. The van der Waals surface area contributed by atoms with E-state index in [1.165, 1.54) is 7.11 Å². The van der Waals surface area contributed by atoms with Gasteiger partial charge in [0.25, 0.3) is 0 Å². The zero-order valence-electron chi connectivity index (χ0n) is 7.04. The molecule has 1 aliphatic carbocycles. The molecule has 0 aromatic carbocycles. The normalized spacial score (nSPS) is 21.3. The van der Waals surface area contributed by atoms with Gasteiger partial charge in [0.1, 0.15) is 0 Å². The van der Waals surface area contributed by atoms with Gasteiger partial charge in [-0.2, -0.15) is 0 Å². The average molecular weight is 165 g/mol. The maximum Gasteiger partial charge on any atom is 0.306 e. The SMILES string of the molecule is [C-]#[N+]C1=CC(CC(=O)OC)CC1. The molecule has 0 aromatic heterocycles. The van der Waals surface area contributed by atoms with E-state index < -0.39 is 0 Å². The molecule has 0 heterocycles. The van der Waals surface area contributed by atoms with E-state index in [2.05, 4.69) is 9.58 Å². The van der Waals surface area contributed by atoms with Gasteiger partial charge in [0.2, 0.25) is 0 Å². The Hall–Kier alpha value is -1.30. The zero-order valence-corrected chi connectivity index (χ0v) is 7.04. The van der Waals surface area contributed by atoms with E-state index in [9.17, 15) is 4.79 Å². The van der Waals surface area contributed by atoms with Gasteiger partial charge < -0.3 is 4.74 Å². The molecular weight excluding hydrogens is 154 g/mol. The minimum atomic E-state index is -0.192. The first-order valence-electron chi connectivity index (χ1n) is 3.91. The van der Waals surface area contributed by atoms with Crippen molar-refractivity contribution in [3.8, 4) is 0 Å². The van der Waals surface area contributed by atoms with Gasteiger partial charge in [0.05, 0.1) is 20.1 Å². The fraction of sp³-hybridized carbons (Fsp3) is 0.556. The number of hydrogen-bond donors (Lipinski definition) is 0. The molecule has 1 unspecified atom stereocenters. The molecule has 1 aliphatic rings. The topological polar surface area (TPSA) is 30.7 Å². The van der Waals surface area contributed by atoms with Crippen LogP contribution in [0.2, 0.25) is 0 Å². The first-order chi connectivity index (χ1) is 5.76. The Labute approximate surface area is 71.8 Å². The van der Waals surface area contributed by atoms with Crippen LogP contribution in [0.15, 0.2) is 11.8 Å². The second-order valence-electron chi connectivity index (χ2n) is 2.85. The van der Waals surface area contributed by atoms with Crippen LogP contribution in [0.25, 0.3) is 4.85 Å². The molecular formula is C9H11NO2. The van der Waals surface area contributed by atoms with Gasteiger partial charge in [-0.25, -0.2) is 4.85 Å². The number of carbonyl (C=O) groups excluding carboxylic acids is 1. The number of carbonyl (C=O) groups is 1. The molecule has 0 N–H and O–H groups in total.